The van der Waals surface area contributed by atoms with Gasteiger partial charge in [-0.15, -0.1) is 0 Å². The highest BCUT2D eigenvalue weighted by Crippen LogP contribution is 2.29. The van der Waals surface area contributed by atoms with Gasteiger partial charge in [0.15, 0.2) is 0 Å². The van der Waals surface area contributed by atoms with E-state index in [9.17, 15) is 14.4 Å². The van der Waals surface area contributed by atoms with E-state index in [4.69, 9.17) is 11.6 Å². The van der Waals surface area contributed by atoms with Crippen molar-refractivity contribution in [2.75, 3.05) is 51.1 Å². The molecule has 2 N–H and O–H groups in total. The van der Waals surface area contributed by atoms with Gasteiger partial charge in [-0.05, 0) is 35.4 Å². The summed E-state index contributed by atoms with van der Waals surface area (Å²) in [4.78, 5) is 45.0. The van der Waals surface area contributed by atoms with Gasteiger partial charge >= 0.3 is 0 Å². The lowest BCUT2D eigenvalue weighted by Gasteiger charge is -2.41. The summed E-state index contributed by atoms with van der Waals surface area (Å²) in [7, 11) is 0. The molecule has 9 heteroatoms. The number of hydrogen-bond acceptors (Lipinski definition) is 5. The molecule has 3 amide bonds. The van der Waals surface area contributed by atoms with Crippen LogP contribution in [0.25, 0.3) is 0 Å². The Kier molecular flexibility index (Phi) is 9.11. The number of hydrogen-bond donors (Lipinski definition) is 2. The van der Waals surface area contributed by atoms with Crippen LogP contribution in [0.2, 0.25) is 5.02 Å². The van der Waals surface area contributed by atoms with Gasteiger partial charge in [0.2, 0.25) is 17.7 Å². The predicted molar refractivity (Wildman–Crippen MR) is 156 cm³/mol. The Hall–Kier alpha value is -3.72. The van der Waals surface area contributed by atoms with E-state index in [1.807, 2.05) is 12.1 Å². The summed E-state index contributed by atoms with van der Waals surface area (Å²) in [5, 5.41) is 6.15. The third-order valence-electron chi connectivity index (χ3n) is 7.52. The Balaban J connectivity index is 1.19. The summed E-state index contributed by atoms with van der Waals surface area (Å²) in [6.07, 6.45) is -0.107. The summed E-state index contributed by atoms with van der Waals surface area (Å²) >= 11 is 5.92. The van der Waals surface area contributed by atoms with Gasteiger partial charge in [0.25, 0.3) is 0 Å². The third-order valence-corrected chi connectivity index (χ3v) is 7.77. The maximum atomic E-state index is 13.4. The van der Waals surface area contributed by atoms with Crippen molar-refractivity contribution in [3.05, 3.63) is 101 Å². The number of anilines is 1. The van der Waals surface area contributed by atoms with E-state index in [1.54, 1.807) is 29.2 Å². The zero-order chi connectivity index (χ0) is 27.9. The second-order valence-corrected chi connectivity index (χ2v) is 10.6. The zero-order valence-electron chi connectivity index (χ0n) is 22.3. The second-order valence-electron chi connectivity index (χ2n) is 10.2. The van der Waals surface area contributed by atoms with Crippen LogP contribution in [0.15, 0.2) is 84.9 Å². The third kappa shape index (κ3) is 6.88. The zero-order valence-corrected chi connectivity index (χ0v) is 23.1. The fraction of sp³-hybridized carbons (Fsp3) is 0.323. The average Bonchev–Trinajstić information content (AvgIpc) is 2.97. The number of carbonyl (C=O) groups excluding carboxylic acids is 3. The molecule has 0 bridgehead atoms. The van der Waals surface area contributed by atoms with Crippen molar-refractivity contribution in [3.8, 4) is 0 Å². The molecule has 0 unspecified atom stereocenters. The number of benzene rings is 3. The van der Waals surface area contributed by atoms with Crippen LogP contribution in [0.4, 0.5) is 5.69 Å². The molecule has 0 aliphatic carbocycles. The Labute approximate surface area is 239 Å². The molecule has 5 rings (SSSR count). The molecule has 2 aliphatic rings. The Morgan fingerprint density at radius 3 is 2.05 bits per heavy atom. The monoisotopic (exact) mass is 559 g/mol. The highest BCUT2D eigenvalue weighted by molar-refractivity contribution is 6.30. The van der Waals surface area contributed by atoms with Crippen LogP contribution in [0.1, 0.15) is 23.6 Å². The average molecular weight is 560 g/mol. The molecule has 3 aromatic rings. The van der Waals surface area contributed by atoms with Gasteiger partial charge in [-0.2, -0.15) is 0 Å². The lowest BCUT2D eigenvalue weighted by Crippen LogP contribution is -2.60. The van der Waals surface area contributed by atoms with Crippen LogP contribution in [0.5, 0.6) is 0 Å². The minimum absolute atomic E-state index is 0.107. The number of nitrogens with zero attached hydrogens (tertiary/aromatic N) is 3. The maximum absolute atomic E-state index is 13.4. The number of piperazine rings is 2. The molecule has 2 fully saturated rings. The van der Waals surface area contributed by atoms with Crippen LogP contribution in [0.3, 0.4) is 0 Å². The SMILES string of the molecule is O=C(C[C@H]1C(=O)NCCN1C(=O)CN1CCN(C(c2ccccc2)c2ccccc2)CC1)Nc1ccc(Cl)cc1. The maximum Gasteiger partial charge on any atom is 0.243 e. The van der Waals surface area contributed by atoms with Crippen LogP contribution in [-0.2, 0) is 14.4 Å². The number of carbonyl (C=O) groups is 3. The first-order chi connectivity index (χ1) is 19.5. The van der Waals surface area contributed by atoms with Crippen molar-refractivity contribution in [2.24, 2.45) is 0 Å². The first-order valence-corrected chi connectivity index (χ1v) is 14.0. The van der Waals surface area contributed by atoms with Gasteiger partial charge in [-0.3, -0.25) is 24.2 Å². The van der Waals surface area contributed by atoms with Gasteiger partial charge in [-0.1, -0.05) is 72.3 Å². The van der Waals surface area contributed by atoms with Gasteiger partial charge < -0.3 is 15.5 Å². The van der Waals surface area contributed by atoms with E-state index in [0.29, 0.717) is 23.8 Å². The number of halogens is 1. The molecule has 8 nitrogen and oxygen atoms in total. The summed E-state index contributed by atoms with van der Waals surface area (Å²) in [5.74, 6) is -0.761. The van der Waals surface area contributed by atoms with Crippen molar-refractivity contribution >= 4 is 35.0 Å². The summed E-state index contributed by atoms with van der Waals surface area (Å²) < 4.78 is 0. The molecule has 2 aliphatic heterocycles. The van der Waals surface area contributed by atoms with Gasteiger partial charge in [-0.25, -0.2) is 0 Å². The largest absolute Gasteiger partial charge is 0.353 e. The Morgan fingerprint density at radius 1 is 0.850 bits per heavy atom. The molecule has 0 saturated carbocycles. The molecule has 208 valence electrons. The summed E-state index contributed by atoms with van der Waals surface area (Å²) in [5.41, 5.74) is 3.08. The molecule has 0 spiro atoms. The van der Waals surface area contributed by atoms with E-state index >= 15 is 0 Å². The van der Waals surface area contributed by atoms with Crippen LogP contribution in [0, 0.1) is 0 Å². The van der Waals surface area contributed by atoms with E-state index in [2.05, 4.69) is 69.0 Å². The predicted octanol–water partition coefficient (Wildman–Crippen LogP) is 3.40. The number of rotatable bonds is 8. The molecular weight excluding hydrogens is 526 g/mol. The highest BCUT2D eigenvalue weighted by atomic mass is 35.5. The molecule has 1 atom stereocenters. The fourth-order valence-electron chi connectivity index (χ4n) is 5.48. The molecular formula is C31H34ClN5O3. The smallest absolute Gasteiger partial charge is 0.243 e. The van der Waals surface area contributed by atoms with E-state index < -0.39 is 6.04 Å². The van der Waals surface area contributed by atoms with E-state index in [1.165, 1.54) is 11.1 Å². The van der Waals surface area contributed by atoms with Crippen molar-refractivity contribution < 1.29 is 14.4 Å². The summed E-state index contributed by atoms with van der Waals surface area (Å²) in [6.45, 7) is 4.09. The minimum atomic E-state index is -0.838. The number of nitrogens with one attached hydrogen (secondary N) is 2. The number of amides is 3. The normalized spacial score (nSPS) is 18.4. The first kappa shape index (κ1) is 27.8. The van der Waals surface area contributed by atoms with Gasteiger partial charge in [0, 0.05) is 50.0 Å². The topological polar surface area (TPSA) is 85.0 Å². The molecule has 2 saturated heterocycles. The van der Waals surface area contributed by atoms with Crippen molar-refractivity contribution in [3.63, 3.8) is 0 Å². The molecule has 0 radical (unpaired) electrons. The molecule has 0 aromatic heterocycles. The summed E-state index contributed by atoms with van der Waals surface area (Å²) in [6, 6.07) is 27.1. The standard InChI is InChI=1S/C31H34ClN5O3/c32-25-11-13-26(14-12-25)34-28(38)21-27-31(40)33-15-16-37(27)29(39)22-35-17-19-36(20-18-35)30(23-7-3-1-4-8-23)24-9-5-2-6-10-24/h1-14,27,30H,15-22H2,(H,33,40)(H,34,38)/t27-/m0/s1. The first-order valence-electron chi connectivity index (χ1n) is 13.7. The molecule has 2 heterocycles. The van der Waals surface area contributed by atoms with Crippen LogP contribution < -0.4 is 10.6 Å². The van der Waals surface area contributed by atoms with E-state index in [-0.39, 0.29) is 36.7 Å². The van der Waals surface area contributed by atoms with Crippen molar-refractivity contribution in [1.82, 2.24) is 20.0 Å². The Bertz CT molecular complexity index is 1260. The minimum Gasteiger partial charge on any atom is -0.353 e. The van der Waals surface area contributed by atoms with Gasteiger partial charge in [0.1, 0.15) is 6.04 Å². The van der Waals surface area contributed by atoms with Crippen LogP contribution in [-0.4, -0.2) is 84.3 Å². The van der Waals surface area contributed by atoms with Crippen LogP contribution >= 0.6 is 11.6 Å². The van der Waals surface area contributed by atoms with Crippen molar-refractivity contribution in [2.45, 2.75) is 18.5 Å². The lowest BCUT2D eigenvalue weighted by molar-refractivity contribution is -0.145. The van der Waals surface area contributed by atoms with Crippen molar-refractivity contribution in [1.29, 1.82) is 0 Å². The Morgan fingerprint density at radius 2 is 1.45 bits per heavy atom. The van der Waals surface area contributed by atoms with E-state index in [0.717, 1.165) is 26.2 Å². The fourth-order valence-corrected chi connectivity index (χ4v) is 5.61. The molecule has 3 aromatic carbocycles. The molecule has 40 heavy (non-hydrogen) atoms. The quantitative estimate of drug-likeness (QED) is 0.442. The lowest BCUT2D eigenvalue weighted by atomic mass is 9.96. The van der Waals surface area contributed by atoms with Gasteiger partial charge in [0.05, 0.1) is 19.0 Å². The highest BCUT2D eigenvalue weighted by Gasteiger charge is 2.36. The second kappa shape index (κ2) is 13.1.